The van der Waals surface area contributed by atoms with Crippen molar-refractivity contribution in [3.8, 4) is 0 Å². The van der Waals surface area contributed by atoms with Crippen LogP contribution in [0.25, 0.3) is 0 Å². The fourth-order valence-electron chi connectivity index (χ4n) is 0.313. The van der Waals surface area contributed by atoms with Gasteiger partial charge >= 0.3 is 0 Å². The van der Waals surface area contributed by atoms with Crippen molar-refractivity contribution in [3.63, 3.8) is 0 Å². The predicted octanol–water partition coefficient (Wildman–Crippen LogP) is 1.98. The second kappa shape index (κ2) is 10.9. The minimum atomic E-state index is 0. The zero-order valence-corrected chi connectivity index (χ0v) is 9.43. The van der Waals surface area contributed by atoms with Crippen LogP contribution in [0.5, 0.6) is 0 Å². The molecule has 1 aromatic rings. The minimum Gasteiger partial charge on any atom is -0.358 e. The van der Waals surface area contributed by atoms with Gasteiger partial charge in [-0.15, -0.1) is 0 Å². The van der Waals surface area contributed by atoms with Crippen LogP contribution in [0.2, 0.25) is 0 Å². The van der Waals surface area contributed by atoms with Gasteiger partial charge in [-0.05, 0) is 12.1 Å². The molecule has 0 N–H and O–H groups in total. The molecule has 0 aliphatic carbocycles. The van der Waals surface area contributed by atoms with E-state index < -0.39 is 0 Å². The molecule has 1 rings (SSSR count). The molecule has 0 radical (unpaired) electrons. The Morgan fingerprint density at radius 3 is 1.33 bits per heavy atom. The van der Waals surface area contributed by atoms with E-state index in [9.17, 15) is 0 Å². The van der Waals surface area contributed by atoms with E-state index in [1.807, 2.05) is 18.2 Å². The Bertz CT molecular complexity index is 80.8. The summed E-state index contributed by atoms with van der Waals surface area (Å²) < 4.78 is 0. The van der Waals surface area contributed by atoms with Crippen LogP contribution in [0.1, 0.15) is 0 Å². The van der Waals surface area contributed by atoms with Crippen LogP contribution in [0.15, 0.2) is 30.6 Å². The third-order valence-electron chi connectivity index (χ3n) is 0.566. The Kier molecular flexibility index (Phi) is 19.4. The maximum absolute atomic E-state index is 3.78. The largest absolute Gasteiger partial charge is 0.358 e. The number of pyridine rings is 1. The molecule has 0 aliphatic rings. The van der Waals surface area contributed by atoms with Crippen molar-refractivity contribution >= 4 is 0 Å². The van der Waals surface area contributed by atoms with E-state index in [1.165, 1.54) is 0 Å². The van der Waals surface area contributed by atoms with Gasteiger partial charge < -0.3 is 14.9 Å². The van der Waals surface area contributed by atoms with Gasteiger partial charge in [-0.1, -0.05) is 6.07 Å². The first-order chi connectivity index (χ1) is 3.00. The van der Waals surface area contributed by atoms with Gasteiger partial charge in [-0.2, -0.15) is 0 Å². The molecule has 0 amide bonds. The van der Waals surface area contributed by atoms with E-state index in [1.54, 1.807) is 12.4 Å². The molecule has 0 aliphatic heterocycles. The molecule has 9 heavy (non-hydrogen) atoms. The van der Waals surface area contributed by atoms with Gasteiger partial charge in [0.05, 0.1) is 0 Å². The van der Waals surface area contributed by atoms with Crippen LogP contribution < -0.4 is 0 Å². The Labute approximate surface area is 76.3 Å². The van der Waals surface area contributed by atoms with E-state index in [2.05, 4.69) is 4.98 Å². The molecule has 2 heteroatoms. The molecule has 0 saturated heterocycles. The molecule has 1 heterocycles. The average molecular weight is 288 g/mol. The minimum absolute atomic E-state index is 0. The summed E-state index contributed by atoms with van der Waals surface area (Å²) in [6, 6.07) is 5.72. The normalized spacial score (nSPS) is 5.33. The molecule has 1 aromatic heterocycles. The van der Waals surface area contributed by atoms with Crippen LogP contribution in [0, 0.1) is 14.9 Å². The molecular formula is C7H11HfN-2. The number of hydrogen-bond donors (Lipinski definition) is 0. The molecule has 1 nitrogen and oxygen atoms in total. The SMILES string of the molecule is [CH3-].[CH3-].[Hf].c1ccncc1. The molecule has 0 fully saturated rings. The van der Waals surface area contributed by atoms with Gasteiger partial charge in [0.25, 0.3) is 0 Å². The fraction of sp³-hybridized carbons (Fsp3) is 0. The van der Waals surface area contributed by atoms with Crippen LogP contribution in [-0.2, 0) is 25.8 Å². The van der Waals surface area contributed by atoms with Crippen molar-refractivity contribution in [3.05, 3.63) is 45.4 Å². The molecule has 0 atom stereocenters. The predicted molar refractivity (Wildman–Crippen MR) is 37.1 cm³/mol. The van der Waals surface area contributed by atoms with Crippen molar-refractivity contribution < 1.29 is 25.8 Å². The van der Waals surface area contributed by atoms with E-state index >= 15 is 0 Å². The van der Waals surface area contributed by atoms with Crippen molar-refractivity contribution in [2.24, 2.45) is 0 Å². The third kappa shape index (κ3) is 8.02. The van der Waals surface area contributed by atoms with Gasteiger partial charge in [0, 0.05) is 38.2 Å². The van der Waals surface area contributed by atoms with Gasteiger partial charge in [-0.25, -0.2) is 0 Å². The van der Waals surface area contributed by atoms with Crippen LogP contribution in [-0.4, -0.2) is 4.98 Å². The van der Waals surface area contributed by atoms with E-state index in [-0.39, 0.29) is 40.7 Å². The second-order valence-corrected chi connectivity index (χ2v) is 1.02. The molecule has 0 unspecified atom stereocenters. The summed E-state index contributed by atoms with van der Waals surface area (Å²) in [5, 5.41) is 0. The van der Waals surface area contributed by atoms with E-state index in [4.69, 9.17) is 0 Å². The zero-order chi connectivity index (χ0) is 4.24. The monoisotopic (exact) mass is 289 g/mol. The quantitative estimate of drug-likeness (QED) is 0.525. The van der Waals surface area contributed by atoms with Crippen LogP contribution >= 0.6 is 0 Å². The second-order valence-electron chi connectivity index (χ2n) is 1.02. The van der Waals surface area contributed by atoms with Crippen molar-refractivity contribution in [1.82, 2.24) is 4.98 Å². The fourth-order valence-corrected chi connectivity index (χ4v) is 0.313. The Morgan fingerprint density at radius 2 is 1.22 bits per heavy atom. The average Bonchev–Trinajstić information content (AvgIpc) is 1.72. The standard InChI is InChI=1S/C5H5N.2CH3.Hf/c1-2-4-6-5-3-1;;;/h1-5H;2*1H3;/q;2*-1;. The molecule has 0 saturated carbocycles. The molecule has 0 bridgehead atoms. The van der Waals surface area contributed by atoms with Crippen molar-refractivity contribution in [2.75, 3.05) is 0 Å². The number of aromatic nitrogens is 1. The van der Waals surface area contributed by atoms with Crippen LogP contribution in [0.4, 0.5) is 0 Å². The van der Waals surface area contributed by atoms with Gasteiger partial charge in [0.2, 0.25) is 0 Å². The van der Waals surface area contributed by atoms with Gasteiger partial charge in [-0.3, -0.25) is 4.98 Å². The summed E-state index contributed by atoms with van der Waals surface area (Å²) in [6.45, 7) is 0. The van der Waals surface area contributed by atoms with Crippen molar-refractivity contribution in [2.45, 2.75) is 0 Å². The van der Waals surface area contributed by atoms with E-state index in [0.717, 1.165) is 0 Å². The smallest absolute Gasteiger partial charge is 0.0267 e. The number of hydrogen-bond acceptors (Lipinski definition) is 1. The third-order valence-corrected chi connectivity index (χ3v) is 0.566. The van der Waals surface area contributed by atoms with Gasteiger partial charge in [0.15, 0.2) is 0 Å². The maximum atomic E-state index is 3.78. The number of rotatable bonds is 0. The Balaban J connectivity index is -0.000000120. The number of nitrogens with zero attached hydrogens (tertiary/aromatic N) is 1. The first-order valence-electron chi connectivity index (χ1n) is 1.85. The molecule has 0 spiro atoms. The summed E-state index contributed by atoms with van der Waals surface area (Å²) in [5.74, 6) is 0. The topological polar surface area (TPSA) is 12.9 Å². The zero-order valence-electron chi connectivity index (χ0n) is 5.83. The van der Waals surface area contributed by atoms with Crippen LogP contribution in [0.3, 0.4) is 0 Å². The Morgan fingerprint density at radius 1 is 0.778 bits per heavy atom. The molecular weight excluding hydrogens is 277 g/mol. The molecule has 0 aromatic carbocycles. The first-order valence-corrected chi connectivity index (χ1v) is 1.85. The van der Waals surface area contributed by atoms with E-state index in [0.29, 0.717) is 0 Å². The first kappa shape index (κ1) is 16.0. The summed E-state index contributed by atoms with van der Waals surface area (Å²) in [6.07, 6.45) is 3.50. The summed E-state index contributed by atoms with van der Waals surface area (Å²) in [5.41, 5.74) is 0. The summed E-state index contributed by atoms with van der Waals surface area (Å²) in [7, 11) is 0. The van der Waals surface area contributed by atoms with Gasteiger partial charge in [0.1, 0.15) is 0 Å². The van der Waals surface area contributed by atoms with Crippen molar-refractivity contribution in [1.29, 1.82) is 0 Å². The molecule has 50 valence electrons. The Hall–Kier alpha value is 0.0201. The summed E-state index contributed by atoms with van der Waals surface area (Å²) >= 11 is 0. The summed E-state index contributed by atoms with van der Waals surface area (Å²) in [4.78, 5) is 3.78. The maximum Gasteiger partial charge on any atom is 0.0267 e.